The number of hydrogen-bond donors (Lipinski definition) is 0. The van der Waals surface area contributed by atoms with Gasteiger partial charge in [0.05, 0.1) is 15.9 Å². The number of Topliss-reactive ketones (excluding diaryl/α,β-unsaturated/α-hetero) is 1. The molecule has 1 atom stereocenters. The predicted octanol–water partition coefficient (Wildman–Crippen LogP) is 3.80. The Morgan fingerprint density at radius 1 is 1.30 bits per heavy atom. The highest BCUT2D eigenvalue weighted by Crippen LogP contribution is 2.29. The summed E-state index contributed by atoms with van der Waals surface area (Å²) >= 11 is 6.52. The number of benzene rings is 1. The Hall–Kier alpha value is -2.23. The summed E-state index contributed by atoms with van der Waals surface area (Å²) in [7, 11) is 0. The minimum atomic E-state index is -0.995. The third-order valence-corrected chi connectivity index (χ3v) is 3.91. The molecule has 0 radical (unpaired) electrons. The first-order valence-electron chi connectivity index (χ1n) is 5.46. The second-order valence-electron chi connectivity index (χ2n) is 3.87. The zero-order valence-corrected chi connectivity index (χ0v) is 11.5. The number of thiophene rings is 1. The van der Waals surface area contributed by atoms with Crippen LogP contribution in [0.3, 0.4) is 0 Å². The normalized spacial score (nSPS) is 11.6. The summed E-state index contributed by atoms with van der Waals surface area (Å²) in [6.45, 7) is 0. The van der Waals surface area contributed by atoms with Crippen molar-refractivity contribution in [3.63, 3.8) is 0 Å². The van der Waals surface area contributed by atoms with Crippen molar-refractivity contribution in [3.05, 3.63) is 62.0 Å². The van der Waals surface area contributed by atoms with Gasteiger partial charge in [-0.15, -0.1) is 0 Å². The quantitative estimate of drug-likeness (QED) is 0.488. The molecule has 0 aliphatic carbocycles. The molecular weight excluding hydrogens is 300 g/mol. The van der Waals surface area contributed by atoms with E-state index in [0.717, 1.165) is 11.3 Å². The summed E-state index contributed by atoms with van der Waals surface area (Å²) in [6.07, 6.45) is 0. The van der Waals surface area contributed by atoms with Crippen LogP contribution in [-0.4, -0.2) is 10.7 Å². The maximum absolute atomic E-state index is 12.2. The van der Waals surface area contributed by atoms with Gasteiger partial charge in [-0.2, -0.15) is 5.26 Å². The van der Waals surface area contributed by atoms with Crippen LogP contribution in [0.5, 0.6) is 0 Å². The summed E-state index contributed by atoms with van der Waals surface area (Å²) < 4.78 is 0. The number of rotatable bonds is 4. The first kappa shape index (κ1) is 14.2. The minimum absolute atomic E-state index is 0.124. The molecule has 7 heteroatoms. The third kappa shape index (κ3) is 2.85. The highest BCUT2D eigenvalue weighted by Gasteiger charge is 2.25. The van der Waals surface area contributed by atoms with Crippen molar-refractivity contribution in [2.45, 2.75) is 5.92 Å². The lowest BCUT2D eigenvalue weighted by Gasteiger charge is -2.06. The van der Waals surface area contributed by atoms with Gasteiger partial charge >= 0.3 is 5.00 Å². The van der Waals surface area contributed by atoms with Gasteiger partial charge in [0.15, 0.2) is 5.78 Å². The molecule has 0 amide bonds. The topological polar surface area (TPSA) is 84.0 Å². The van der Waals surface area contributed by atoms with E-state index < -0.39 is 16.6 Å². The summed E-state index contributed by atoms with van der Waals surface area (Å²) in [6, 6.07) is 10.9. The van der Waals surface area contributed by atoms with Crippen LogP contribution >= 0.6 is 22.9 Å². The van der Waals surface area contributed by atoms with Crippen LogP contribution < -0.4 is 0 Å². The largest absolute Gasteiger partial charge is 0.324 e. The van der Waals surface area contributed by atoms with Gasteiger partial charge in [0.1, 0.15) is 5.92 Å². The van der Waals surface area contributed by atoms with E-state index in [0.29, 0.717) is 10.6 Å². The van der Waals surface area contributed by atoms with Gasteiger partial charge in [0.2, 0.25) is 0 Å². The molecule has 0 fully saturated rings. The molecule has 20 heavy (non-hydrogen) atoms. The molecule has 1 aromatic heterocycles. The molecule has 2 aromatic rings. The van der Waals surface area contributed by atoms with Crippen molar-refractivity contribution in [2.24, 2.45) is 0 Å². The number of nitrogens with zero attached hydrogens (tertiary/aromatic N) is 2. The fourth-order valence-electron chi connectivity index (χ4n) is 1.64. The maximum Gasteiger partial charge on any atom is 0.324 e. The molecular formula is C13H7ClN2O3S. The number of carbonyl (C=O) groups excluding carboxylic acids is 1. The Morgan fingerprint density at radius 2 is 1.95 bits per heavy atom. The lowest BCUT2D eigenvalue weighted by molar-refractivity contribution is -0.380. The highest BCUT2D eigenvalue weighted by molar-refractivity contribution is 7.17. The van der Waals surface area contributed by atoms with Crippen molar-refractivity contribution >= 4 is 33.7 Å². The molecule has 0 spiro atoms. The molecule has 0 saturated carbocycles. The third-order valence-electron chi connectivity index (χ3n) is 2.61. The molecule has 0 N–H and O–H groups in total. The zero-order chi connectivity index (χ0) is 14.7. The Morgan fingerprint density at radius 3 is 2.45 bits per heavy atom. The van der Waals surface area contributed by atoms with Crippen molar-refractivity contribution < 1.29 is 9.72 Å². The standard InChI is InChI=1S/C13H7ClN2O3S/c14-9-3-1-8(2-4-9)10(7-15)13(17)11-5-6-12(20-11)16(18)19/h1-6,10H. The Labute approximate surface area is 123 Å². The van der Waals surface area contributed by atoms with Gasteiger partial charge in [0.25, 0.3) is 0 Å². The van der Waals surface area contributed by atoms with Crippen LogP contribution in [0.25, 0.3) is 0 Å². The van der Waals surface area contributed by atoms with Gasteiger partial charge in [0, 0.05) is 11.1 Å². The fraction of sp³-hybridized carbons (Fsp3) is 0.0769. The van der Waals surface area contributed by atoms with E-state index in [1.807, 2.05) is 6.07 Å². The van der Waals surface area contributed by atoms with Gasteiger partial charge < -0.3 is 0 Å². The highest BCUT2D eigenvalue weighted by atomic mass is 35.5. The van der Waals surface area contributed by atoms with Crippen LogP contribution in [-0.2, 0) is 0 Å². The van der Waals surface area contributed by atoms with E-state index in [2.05, 4.69) is 0 Å². The van der Waals surface area contributed by atoms with Crippen LogP contribution in [0.15, 0.2) is 36.4 Å². The Balaban J connectivity index is 2.31. The monoisotopic (exact) mass is 306 g/mol. The second-order valence-corrected chi connectivity index (χ2v) is 5.37. The molecule has 0 aliphatic heterocycles. The molecule has 2 rings (SSSR count). The molecule has 1 aromatic carbocycles. The summed E-state index contributed by atoms with van der Waals surface area (Å²) in [5.74, 6) is -1.45. The van der Waals surface area contributed by atoms with E-state index in [4.69, 9.17) is 16.9 Å². The molecule has 1 unspecified atom stereocenters. The summed E-state index contributed by atoms with van der Waals surface area (Å²) in [5.41, 5.74) is 0.512. The van der Waals surface area contributed by atoms with Crippen LogP contribution in [0.4, 0.5) is 5.00 Å². The first-order chi connectivity index (χ1) is 9.52. The van der Waals surface area contributed by atoms with E-state index in [9.17, 15) is 14.9 Å². The van der Waals surface area contributed by atoms with Crippen molar-refractivity contribution in [2.75, 3.05) is 0 Å². The first-order valence-corrected chi connectivity index (χ1v) is 6.66. The SMILES string of the molecule is N#CC(C(=O)c1ccc([N+](=O)[O-])s1)c1ccc(Cl)cc1. The number of ketones is 1. The molecule has 100 valence electrons. The lowest BCUT2D eigenvalue weighted by Crippen LogP contribution is -2.09. The predicted molar refractivity (Wildman–Crippen MR) is 75.1 cm³/mol. The molecule has 0 bridgehead atoms. The smallest absolute Gasteiger partial charge is 0.291 e. The number of halogens is 1. The molecule has 1 heterocycles. The van der Waals surface area contributed by atoms with Crippen molar-refractivity contribution in [1.82, 2.24) is 0 Å². The maximum atomic E-state index is 12.2. The average Bonchev–Trinajstić information content (AvgIpc) is 2.91. The average molecular weight is 307 g/mol. The lowest BCUT2D eigenvalue weighted by atomic mass is 9.95. The van der Waals surface area contributed by atoms with Gasteiger partial charge in [-0.05, 0) is 23.8 Å². The second kappa shape index (κ2) is 5.82. The van der Waals surface area contributed by atoms with Crippen LogP contribution in [0.1, 0.15) is 21.2 Å². The fourth-order valence-corrected chi connectivity index (χ4v) is 2.56. The minimum Gasteiger partial charge on any atom is -0.291 e. The van der Waals surface area contributed by atoms with E-state index >= 15 is 0 Å². The van der Waals surface area contributed by atoms with E-state index in [1.165, 1.54) is 12.1 Å². The van der Waals surface area contributed by atoms with E-state index in [-0.39, 0.29) is 9.88 Å². The summed E-state index contributed by atoms with van der Waals surface area (Å²) in [4.78, 5) is 22.5. The Kier molecular flexibility index (Phi) is 4.13. The van der Waals surface area contributed by atoms with E-state index in [1.54, 1.807) is 24.3 Å². The number of nitro groups is 1. The van der Waals surface area contributed by atoms with Crippen LogP contribution in [0, 0.1) is 21.4 Å². The molecule has 0 saturated heterocycles. The van der Waals surface area contributed by atoms with Gasteiger partial charge in [-0.25, -0.2) is 0 Å². The zero-order valence-electron chi connectivity index (χ0n) is 9.95. The van der Waals surface area contributed by atoms with Crippen LogP contribution in [0.2, 0.25) is 5.02 Å². The van der Waals surface area contributed by atoms with Crippen molar-refractivity contribution in [1.29, 1.82) is 5.26 Å². The summed E-state index contributed by atoms with van der Waals surface area (Å²) in [5, 5.41) is 20.2. The molecule has 0 aliphatic rings. The number of nitriles is 1. The van der Waals surface area contributed by atoms with Gasteiger partial charge in [-0.3, -0.25) is 14.9 Å². The molecule has 5 nitrogen and oxygen atoms in total. The number of hydrogen-bond acceptors (Lipinski definition) is 5. The van der Waals surface area contributed by atoms with Gasteiger partial charge in [-0.1, -0.05) is 35.1 Å². The Bertz CT molecular complexity index is 703. The van der Waals surface area contributed by atoms with Crippen molar-refractivity contribution in [3.8, 4) is 6.07 Å². The number of carbonyl (C=O) groups is 1.